The number of fused-ring (bicyclic) bond motifs is 1. The number of rotatable bonds is 1. The molecule has 1 heterocycles. The van der Waals surface area contributed by atoms with Crippen LogP contribution in [0.15, 0.2) is 46.9 Å². The van der Waals surface area contributed by atoms with Crippen LogP contribution in [0.1, 0.15) is 0 Å². The molecule has 0 fully saturated rings. The van der Waals surface area contributed by atoms with E-state index in [1.165, 1.54) is 0 Å². The van der Waals surface area contributed by atoms with Gasteiger partial charge in [0.2, 0.25) is 0 Å². The molecule has 0 saturated carbocycles. The fourth-order valence-corrected chi connectivity index (χ4v) is 2.60. The molecule has 0 atom stereocenters. The average molecular weight is 354 g/mol. The molecule has 0 amide bonds. The predicted molar refractivity (Wildman–Crippen MR) is 82.7 cm³/mol. The summed E-state index contributed by atoms with van der Waals surface area (Å²) in [5.41, 5.74) is 1.64. The summed E-state index contributed by atoms with van der Waals surface area (Å²) in [5, 5.41) is 1.91. The number of aromatic nitrogens is 2. The van der Waals surface area contributed by atoms with Gasteiger partial charge in [-0.25, -0.2) is 9.97 Å². The topological polar surface area (TPSA) is 25.8 Å². The van der Waals surface area contributed by atoms with Crippen LogP contribution in [0.3, 0.4) is 0 Å². The molecular formula is C14H7BrCl2N2. The molecule has 0 unspecified atom stereocenters. The third kappa shape index (κ3) is 2.59. The summed E-state index contributed by atoms with van der Waals surface area (Å²) >= 11 is 15.6. The van der Waals surface area contributed by atoms with E-state index in [9.17, 15) is 0 Å². The summed E-state index contributed by atoms with van der Waals surface area (Å²) < 4.78 is 0.951. The Morgan fingerprint density at radius 2 is 1.79 bits per heavy atom. The third-order valence-corrected chi connectivity index (χ3v) is 3.71. The summed E-state index contributed by atoms with van der Waals surface area (Å²) in [7, 11) is 0. The Labute approximate surface area is 128 Å². The van der Waals surface area contributed by atoms with Crippen molar-refractivity contribution in [2.45, 2.75) is 0 Å². The minimum atomic E-state index is 0.437. The zero-order valence-electron chi connectivity index (χ0n) is 9.57. The first-order valence-electron chi connectivity index (χ1n) is 5.52. The van der Waals surface area contributed by atoms with Crippen LogP contribution in [-0.4, -0.2) is 9.97 Å². The summed E-state index contributed by atoms with van der Waals surface area (Å²) in [6.45, 7) is 0. The molecule has 0 aliphatic heterocycles. The second kappa shape index (κ2) is 5.08. The van der Waals surface area contributed by atoms with Gasteiger partial charge in [-0.1, -0.05) is 51.3 Å². The van der Waals surface area contributed by atoms with Crippen molar-refractivity contribution in [2.75, 3.05) is 0 Å². The minimum absolute atomic E-state index is 0.437. The van der Waals surface area contributed by atoms with Crippen LogP contribution in [-0.2, 0) is 0 Å². The highest BCUT2D eigenvalue weighted by molar-refractivity contribution is 9.10. The van der Waals surface area contributed by atoms with Gasteiger partial charge in [0.15, 0.2) is 5.82 Å². The Kier molecular flexibility index (Phi) is 3.44. The van der Waals surface area contributed by atoms with E-state index < -0.39 is 0 Å². The number of hydrogen-bond donors (Lipinski definition) is 0. The van der Waals surface area contributed by atoms with Gasteiger partial charge in [0.05, 0.1) is 5.52 Å². The maximum absolute atomic E-state index is 6.20. The van der Waals surface area contributed by atoms with Crippen molar-refractivity contribution >= 4 is 50.0 Å². The molecule has 0 saturated heterocycles. The molecule has 0 spiro atoms. The van der Waals surface area contributed by atoms with Crippen molar-refractivity contribution in [3.63, 3.8) is 0 Å². The third-order valence-electron chi connectivity index (χ3n) is 2.70. The maximum atomic E-state index is 6.20. The highest BCUT2D eigenvalue weighted by Gasteiger charge is 2.08. The van der Waals surface area contributed by atoms with Gasteiger partial charge in [0.25, 0.3) is 0 Å². The highest BCUT2D eigenvalue weighted by atomic mass is 79.9. The van der Waals surface area contributed by atoms with E-state index in [2.05, 4.69) is 25.9 Å². The smallest absolute Gasteiger partial charge is 0.161 e. The molecule has 5 heteroatoms. The van der Waals surface area contributed by atoms with Crippen LogP contribution in [0.2, 0.25) is 10.2 Å². The molecular weight excluding hydrogens is 347 g/mol. The van der Waals surface area contributed by atoms with Crippen LogP contribution in [0.25, 0.3) is 22.3 Å². The highest BCUT2D eigenvalue weighted by Crippen LogP contribution is 2.27. The number of nitrogens with zero attached hydrogens (tertiary/aromatic N) is 2. The Morgan fingerprint density at radius 1 is 0.947 bits per heavy atom. The lowest BCUT2D eigenvalue weighted by atomic mass is 10.2. The van der Waals surface area contributed by atoms with Crippen LogP contribution >= 0.6 is 39.1 Å². The fourth-order valence-electron chi connectivity index (χ4n) is 1.82. The zero-order valence-corrected chi connectivity index (χ0v) is 12.7. The van der Waals surface area contributed by atoms with Crippen molar-refractivity contribution in [1.82, 2.24) is 9.97 Å². The lowest BCUT2D eigenvalue weighted by molar-refractivity contribution is 1.23. The van der Waals surface area contributed by atoms with Gasteiger partial charge in [-0.05, 0) is 30.3 Å². The minimum Gasteiger partial charge on any atom is -0.228 e. The van der Waals surface area contributed by atoms with Crippen LogP contribution < -0.4 is 0 Å². The molecule has 2 nitrogen and oxygen atoms in total. The SMILES string of the molecule is Clc1cccc(-c2nc(Cl)c3ccc(Br)cc3n2)c1. The van der Waals surface area contributed by atoms with Gasteiger partial charge in [-0.2, -0.15) is 0 Å². The van der Waals surface area contributed by atoms with Gasteiger partial charge in [-0.3, -0.25) is 0 Å². The Hall–Kier alpha value is -1.16. The quantitative estimate of drug-likeness (QED) is 0.550. The lowest BCUT2D eigenvalue weighted by Gasteiger charge is -2.05. The molecule has 0 aliphatic rings. The first-order valence-corrected chi connectivity index (χ1v) is 7.07. The van der Waals surface area contributed by atoms with Crippen molar-refractivity contribution in [1.29, 1.82) is 0 Å². The first-order chi connectivity index (χ1) is 9.13. The second-order valence-electron chi connectivity index (χ2n) is 4.01. The molecule has 0 radical (unpaired) electrons. The monoisotopic (exact) mass is 352 g/mol. The van der Waals surface area contributed by atoms with E-state index in [1.807, 2.05) is 42.5 Å². The van der Waals surface area contributed by atoms with E-state index in [4.69, 9.17) is 23.2 Å². The normalized spacial score (nSPS) is 10.9. The fraction of sp³-hybridized carbons (Fsp3) is 0. The van der Waals surface area contributed by atoms with Gasteiger partial charge in [-0.15, -0.1) is 0 Å². The van der Waals surface area contributed by atoms with E-state index in [-0.39, 0.29) is 0 Å². The van der Waals surface area contributed by atoms with E-state index in [0.29, 0.717) is 16.0 Å². The zero-order chi connectivity index (χ0) is 13.4. The standard InChI is InChI=1S/C14H7BrCl2N2/c15-9-4-5-11-12(7-9)18-14(19-13(11)17)8-2-1-3-10(16)6-8/h1-7H. The van der Waals surface area contributed by atoms with E-state index in [0.717, 1.165) is 20.9 Å². The van der Waals surface area contributed by atoms with Gasteiger partial charge < -0.3 is 0 Å². The molecule has 3 aromatic rings. The molecule has 0 N–H and O–H groups in total. The van der Waals surface area contributed by atoms with E-state index >= 15 is 0 Å². The summed E-state index contributed by atoms with van der Waals surface area (Å²) in [4.78, 5) is 8.85. The predicted octanol–water partition coefficient (Wildman–Crippen LogP) is 5.37. The molecule has 3 rings (SSSR count). The van der Waals surface area contributed by atoms with Crippen LogP contribution in [0.4, 0.5) is 0 Å². The Balaban J connectivity index is 2.25. The van der Waals surface area contributed by atoms with Gasteiger partial charge in [0, 0.05) is 20.4 Å². The first kappa shape index (κ1) is 12.9. The van der Waals surface area contributed by atoms with Gasteiger partial charge in [0.1, 0.15) is 5.15 Å². The van der Waals surface area contributed by atoms with Crippen molar-refractivity contribution in [3.8, 4) is 11.4 Å². The molecule has 1 aromatic heterocycles. The summed E-state index contributed by atoms with van der Waals surface area (Å²) in [5.74, 6) is 0.568. The molecule has 2 aromatic carbocycles. The molecule has 94 valence electrons. The van der Waals surface area contributed by atoms with Crippen LogP contribution in [0, 0.1) is 0 Å². The van der Waals surface area contributed by atoms with Crippen molar-refractivity contribution in [2.24, 2.45) is 0 Å². The number of halogens is 3. The summed E-state index contributed by atoms with van der Waals surface area (Å²) in [6.07, 6.45) is 0. The largest absolute Gasteiger partial charge is 0.228 e. The molecule has 0 bridgehead atoms. The van der Waals surface area contributed by atoms with Gasteiger partial charge >= 0.3 is 0 Å². The summed E-state index contributed by atoms with van der Waals surface area (Å²) in [6, 6.07) is 13.1. The average Bonchev–Trinajstić information content (AvgIpc) is 2.38. The van der Waals surface area contributed by atoms with Crippen LogP contribution in [0.5, 0.6) is 0 Å². The Morgan fingerprint density at radius 3 is 2.58 bits per heavy atom. The lowest BCUT2D eigenvalue weighted by Crippen LogP contribution is -1.91. The number of benzene rings is 2. The second-order valence-corrected chi connectivity index (χ2v) is 5.72. The van der Waals surface area contributed by atoms with Crippen molar-refractivity contribution in [3.05, 3.63) is 57.1 Å². The number of hydrogen-bond acceptors (Lipinski definition) is 2. The molecule has 0 aliphatic carbocycles. The Bertz CT molecular complexity index is 774. The maximum Gasteiger partial charge on any atom is 0.161 e. The van der Waals surface area contributed by atoms with Crippen molar-refractivity contribution < 1.29 is 0 Å². The molecule has 19 heavy (non-hydrogen) atoms. The van der Waals surface area contributed by atoms with E-state index in [1.54, 1.807) is 0 Å².